The molecule has 0 amide bonds. The number of hydrogen-bond acceptors (Lipinski definition) is 3. The number of aliphatic hydroxyl groups excluding tert-OH is 1. The van der Waals surface area contributed by atoms with Gasteiger partial charge in [-0.1, -0.05) is 19.8 Å². The fourth-order valence-corrected chi connectivity index (χ4v) is 3.19. The molecule has 2 aliphatic rings. The molecule has 1 aliphatic carbocycles. The lowest BCUT2D eigenvalue weighted by atomic mass is 9.88. The van der Waals surface area contributed by atoms with E-state index in [-0.39, 0.29) is 12.1 Å². The third-order valence-electron chi connectivity index (χ3n) is 4.27. The normalized spacial score (nSPS) is 35.4. The van der Waals surface area contributed by atoms with Crippen molar-refractivity contribution in [2.24, 2.45) is 0 Å². The van der Waals surface area contributed by atoms with Gasteiger partial charge in [0.05, 0.1) is 18.8 Å². The molecule has 1 heterocycles. The monoisotopic (exact) mass is 227 g/mol. The average molecular weight is 227 g/mol. The first-order valence-corrected chi connectivity index (χ1v) is 6.79. The van der Waals surface area contributed by atoms with Crippen LogP contribution in [0.1, 0.15) is 46.0 Å². The second-order valence-electron chi connectivity index (χ2n) is 5.22. The first-order valence-electron chi connectivity index (χ1n) is 6.79. The molecule has 0 bridgehead atoms. The Morgan fingerprint density at radius 1 is 1.38 bits per heavy atom. The summed E-state index contributed by atoms with van der Waals surface area (Å²) in [6.45, 7) is 6.03. The van der Waals surface area contributed by atoms with Crippen molar-refractivity contribution in [2.75, 3.05) is 13.2 Å². The van der Waals surface area contributed by atoms with Gasteiger partial charge in [0.25, 0.3) is 0 Å². The molecule has 0 aromatic rings. The second kappa shape index (κ2) is 5.48. The van der Waals surface area contributed by atoms with E-state index in [1.54, 1.807) is 0 Å². The van der Waals surface area contributed by atoms with E-state index < -0.39 is 0 Å². The Labute approximate surface area is 98.8 Å². The summed E-state index contributed by atoms with van der Waals surface area (Å²) in [5.41, 5.74) is 0. The number of fused-ring (bicyclic) bond motifs is 1. The van der Waals surface area contributed by atoms with Gasteiger partial charge in [-0.05, 0) is 26.2 Å². The van der Waals surface area contributed by atoms with E-state index in [0.717, 1.165) is 19.6 Å². The number of nitrogens with zero attached hydrogens (tertiary/aromatic N) is 1. The number of hydrogen-bond donors (Lipinski definition) is 1. The van der Waals surface area contributed by atoms with Crippen LogP contribution in [0, 0.1) is 0 Å². The molecule has 4 atom stereocenters. The second-order valence-corrected chi connectivity index (χ2v) is 5.22. The molecule has 1 saturated carbocycles. The Morgan fingerprint density at radius 2 is 2.12 bits per heavy atom. The molecule has 3 nitrogen and oxygen atoms in total. The van der Waals surface area contributed by atoms with Crippen molar-refractivity contribution in [3.63, 3.8) is 0 Å². The SMILES string of the molecule is CCC(O)C(C)N1CCOC2CCCCC21. The van der Waals surface area contributed by atoms with E-state index in [1.165, 1.54) is 25.7 Å². The summed E-state index contributed by atoms with van der Waals surface area (Å²) in [6.07, 6.45) is 6.14. The number of rotatable bonds is 3. The third kappa shape index (κ3) is 2.41. The summed E-state index contributed by atoms with van der Waals surface area (Å²) in [5.74, 6) is 0. The van der Waals surface area contributed by atoms with Crippen molar-refractivity contribution in [1.29, 1.82) is 0 Å². The van der Waals surface area contributed by atoms with Gasteiger partial charge in [-0.25, -0.2) is 0 Å². The van der Waals surface area contributed by atoms with Crippen molar-refractivity contribution in [2.45, 2.75) is 70.2 Å². The quantitative estimate of drug-likeness (QED) is 0.798. The summed E-state index contributed by atoms with van der Waals surface area (Å²) in [5, 5.41) is 9.99. The maximum Gasteiger partial charge on any atom is 0.0731 e. The lowest BCUT2D eigenvalue weighted by Crippen LogP contribution is -2.58. The van der Waals surface area contributed by atoms with Gasteiger partial charge in [0, 0.05) is 18.6 Å². The highest BCUT2D eigenvalue weighted by Gasteiger charge is 2.37. The Hall–Kier alpha value is -0.120. The van der Waals surface area contributed by atoms with Gasteiger partial charge in [0.15, 0.2) is 0 Å². The van der Waals surface area contributed by atoms with Gasteiger partial charge in [0.2, 0.25) is 0 Å². The highest BCUT2D eigenvalue weighted by Crippen LogP contribution is 2.30. The van der Waals surface area contributed by atoms with E-state index in [4.69, 9.17) is 4.74 Å². The molecule has 16 heavy (non-hydrogen) atoms. The molecular formula is C13H25NO2. The summed E-state index contributed by atoms with van der Waals surface area (Å²) in [4.78, 5) is 2.49. The van der Waals surface area contributed by atoms with Crippen LogP contribution in [0.5, 0.6) is 0 Å². The van der Waals surface area contributed by atoms with Crippen LogP contribution in [0.15, 0.2) is 0 Å². The van der Waals surface area contributed by atoms with Crippen LogP contribution in [0.3, 0.4) is 0 Å². The van der Waals surface area contributed by atoms with Crippen LogP contribution < -0.4 is 0 Å². The molecule has 2 fully saturated rings. The van der Waals surface area contributed by atoms with E-state index in [1.807, 2.05) is 0 Å². The molecule has 4 unspecified atom stereocenters. The molecule has 1 aliphatic heterocycles. The summed E-state index contributed by atoms with van der Waals surface area (Å²) in [6, 6.07) is 0.832. The zero-order valence-electron chi connectivity index (χ0n) is 10.6. The molecule has 1 N–H and O–H groups in total. The Bertz CT molecular complexity index is 220. The zero-order valence-corrected chi connectivity index (χ0v) is 10.6. The molecule has 2 rings (SSSR count). The zero-order chi connectivity index (χ0) is 11.5. The fraction of sp³-hybridized carbons (Fsp3) is 1.00. The molecule has 0 spiro atoms. The van der Waals surface area contributed by atoms with Crippen LogP contribution in [-0.2, 0) is 4.74 Å². The van der Waals surface area contributed by atoms with Crippen molar-refractivity contribution in [3.05, 3.63) is 0 Å². The largest absolute Gasteiger partial charge is 0.392 e. The Morgan fingerprint density at radius 3 is 2.88 bits per heavy atom. The topological polar surface area (TPSA) is 32.7 Å². The number of morpholine rings is 1. The molecule has 0 radical (unpaired) electrons. The molecule has 3 heteroatoms. The van der Waals surface area contributed by atoms with Crippen molar-refractivity contribution < 1.29 is 9.84 Å². The van der Waals surface area contributed by atoms with E-state index in [0.29, 0.717) is 12.1 Å². The minimum Gasteiger partial charge on any atom is -0.392 e. The van der Waals surface area contributed by atoms with E-state index >= 15 is 0 Å². The molecule has 1 saturated heterocycles. The van der Waals surface area contributed by atoms with Crippen molar-refractivity contribution in [1.82, 2.24) is 4.90 Å². The summed E-state index contributed by atoms with van der Waals surface area (Å²) in [7, 11) is 0. The van der Waals surface area contributed by atoms with Crippen LogP contribution in [0.25, 0.3) is 0 Å². The van der Waals surface area contributed by atoms with Crippen LogP contribution in [0.4, 0.5) is 0 Å². The Kier molecular flexibility index (Phi) is 4.22. The average Bonchev–Trinajstić information content (AvgIpc) is 2.36. The van der Waals surface area contributed by atoms with Gasteiger partial charge in [0.1, 0.15) is 0 Å². The number of aliphatic hydroxyl groups is 1. The van der Waals surface area contributed by atoms with Crippen LogP contribution in [-0.4, -0.2) is 47.4 Å². The maximum atomic E-state index is 9.99. The minimum absolute atomic E-state index is 0.194. The van der Waals surface area contributed by atoms with Crippen molar-refractivity contribution >= 4 is 0 Å². The minimum atomic E-state index is -0.194. The van der Waals surface area contributed by atoms with Crippen molar-refractivity contribution in [3.8, 4) is 0 Å². The highest BCUT2D eigenvalue weighted by atomic mass is 16.5. The first kappa shape index (κ1) is 12.3. The van der Waals surface area contributed by atoms with Crippen LogP contribution >= 0.6 is 0 Å². The fourth-order valence-electron chi connectivity index (χ4n) is 3.19. The summed E-state index contributed by atoms with van der Waals surface area (Å²) >= 11 is 0. The maximum absolute atomic E-state index is 9.99. The Balaban J connectivity index is 2.01. The first-order chi connectivity index (χ1) is 7.74. The molecular weight excluding hydrogens is 202 g/mol. The lowest BCUT2D eigenvalue weighted by molar-refractivity contribution is -0.115. The standard InChI is InChI=1S/C13H25NO2/c1-3-12(15)10(2)14-8-9-16-13-7-5-4-6-11(13)14/h10-13,15H,3-9H2,1-2H3. The molecule has 94 valence electrons. The number of ether oxygens (including phenoxy) is 1. The van der Waals surface area contributed by atoms with Gasteiger partial charge < -0.3 is 9.84 Å². The van der Waals surface area contributed by atoms with Gasteiger partial charge in [-0.3, -0.25) is 4.90 Å². The van der Waals surface area contributed by atoms with E-state index in [2.05, 4.69) is 18.7 Å². The third-order valence-corrected chi connectivity index (χ3v) is 4.27. The molecule has 0 aromatic heterocycles. The van der Waals surface area contributed by atoms with Gasteiger partial charge >= 0.3 is 0 Å². The predicted octanol–water partition coefficient (Wildman–Crippen LogP) is 1.79. The molecule has 0 aromatic carbocycles. The lowest BCUT2D eigenvalue weighted by Gasteiger charge is -2.47. The summed E-state index contributed by atoms with van der Waals surface area (Å²) < 4.78 is 5.85. The van der Waals surface area contributed by atoms with Gasteiger partial charge in [-0.15, -0.1) is 0 Å². The van der Waals surface area contributed by atoms with Gasteiger partial charge in [-0.2, -0.15) is 0 Å². The smallest absolute Gasteiger partial charge is 0.0731 e. The predicted molar refractivity (Wildman–Crippen MR) is 64.5 cm³/mol. The van der Waals surface area contributed by atoms with E-state index in [9.17, 15) is 5.11 Å². The van der Waals surface area contributed by atoms with Crippen LogP contribution in [0.2, 0.25) is 0 Å². The highest BCUT2D eigenvalue weighted by molar-refractivity contribution is 4.91.